The van der Waals surface area contributed by atoms with Gasteiger partial charge in [-0.1, -0.05) is 31.2 Å². The van der Waals surface area contributed by atoms with E-state index in [2.05, 4.69) is 21.6 Å². The minimum Gasteiger partial charge on any atom is -0.507 e. The molecule has 0 bridgehead atoms. The topological polar surface area (TPSA) is 85.7 Å². The highest BCUT2D eigenvalue weighted by Gasteiger charge is 2.19. The number of aromatic nitrogens is 2. The normalized spacial score (nSPS) is 11.3. The lowest BCUT2D eigenvalue weighted by Crippen LogP contribution is -2.07. The fourth-order valence-corrected chi connectivity index (χ4v) is 3.49. The zero-order valence-electron chi connectivity index (χ0n) is 15.6. The molecular weight excluding hydrogens is 350 g/mol. The minimum absolute atomic E-state index is 0.165. The number of pyridine rings is 1. The van der Waals surface area contributed by atoms with E-state index in [1.165, 1.54) is 0 Å². The van der Waals surface area contributed by atoms with Gasteiger partial charge in [-0.05, 0) is 48.7 Å². The van der Waals surface area contributed by atoms with Crippen LogP contribution in [0, 0.1) is 18.3 Å². The number of hydrazone groups is 1. The number of nitrogens with one attached hydrogen (secondary N) is 1. The summed E-state index contributed by atoms with van der Waals surface area (Å²) in [6.45, 7) is 3.99. The molecule has 28 heavy (non-hydrogen) atoms. The third-order valence-corrected chi connectivity index (χ3v) is 4.90. The van der Waals surface area contributed by atoms with Crippen LogP contribution in [-0.4, -0.2) is 20.7 Å². The Hall–Kier alpha value is -3.85. The number of rotatable bonds is 4. The molecule has 2 heterocycles. The predicted octanol–water partition coefficient (Wildman–Crippen LogP) is 4.38. The molecule has 0 aliphatic heterocycles. The van der Waals surface area contributed by atoms with Crippen LogP contribution in [0.1, 0.15) is 29.2 Å². The molecule has 0 unspecified atom stereocenters. The average molecular weight is 369 g/mol. The van der Waals surface area contributed by atoms with Crippen LogP contribution in [0.2, 0.25) is 0 Å². The quantitative estimate of drug-likeness (QED) is 0.413. The highest BCUT2D eigenvalue weighted by atomic mass is 16.3. The number of aromatic hydroxyl groups is 1. The van der Waals surface area contributed by atoms with Crippen molar-refractivity contribution in [1.29, 1.82) is 5.26 Å². The first-order valence-electron chi connectivity index (χ1n) is 9.05. The summed E-state index contributed by atoms with van der Waals surface area (Å²) in [4.78, 5) is 4.67. The number of fused-ring (bicyclic) bond motifs is 3. The van der Waals surface area contributed by atoms with Crippen molar-refractivity contribution in [3.63, 3.8) is 0 Å². The lowest BCUT2D eigenvalue weighted by Gasteiger charge is -2.15. The lowest BCUT2D eigenvalue weighted by molar-refractivity contribution is 0.474. The molecule has 4 rings (SSSR count). The second-order valence-electron chi connectivity index (χ2n) is 6.48. The molecule has 2 aromatic carbocycles. The van der Waals surface area contributed by atoms with Gasteiger partial charge >= 0.3 is 0 Å². The molecule has 0 saturated heterocycles. The van der Waals surface area contributed by atoms with Crippen molar-refractivity contribution in [2.45, 2.75) is 20.3 Å². The van der Waals surface area contributed by atoms with Gasteiger partial charge in [-0.3, -0.25) is 9.83 Å². The van der Waals surface area contributed by atoms with E-state index in [1.54, 1.807) is 24.4 Å². The molecule has 6 heteroatoms. The van der Waals surface area contributed by atoms with Crippen molar-refractivity contribution in [3.05, 3.63) is 70.8 Å². The molecule has 0 aliphatic carbocycles. The van der Waals surface area contributed by atoms with Crippen LogP contribution in [0.25, 0.3) is 16.7 Å². The van der Waals surface area contributed by atoms with E-state index in [0.717, 1.165) is 34.4 Å². The first kappa shape index (κ1) is 17.6. The monoisotopic (exact) mass is 369 g/mol. The fourth-order valence-electron chi connectivity index (χ4n) is 3.49. The molecule has 4 aromatic rings. The Labute approximate surface area is 162 Å². The number of nitrogens with zero attached hydrogens (tertiary/aromatic N) is 4. The van der Waals surface area contributed by atoms with E-state index < -0.39 is 0 Å². The minimum atomic E-state index is 0.165. The van der Waals surface area contributed by atoms with Crippen LogP contribution < -0.4 is 5.43 Å². The van der Waals surface area contributed by atoms with Gasteiger partial charge in [0.25, 0.3) is 0 Å². The second-order valence-corrected chi connectivity index (χ2v) is 6.48. The highest BCUT2D eigenvalue weighted by Crippen LogP contribution is 2.31. The summed E-state index contributed by atoms with van der Waals surface area (Å²) in [5.74, 6) is 0.937. The first-order valence-corrected chi connectivity index (χ1v) is 9.05. The molecule has 0 radical (unpaired) electrons. The Balaban J connectivity index is 1.94. The molecule has 0 spiro atoms. The maximum atomic E-state index is 9.93. The number of phenols is 1. The Morgan fingerprint density at radius 3 is 2.71 bits per heavy atom. The predicted molar refractivity (Wildman–Crippen MR) is 111 cm³/mol. The Morgan fingerprint density at radius 1 is 1.21 bits per heavy atom. The van der Waals surface area contributed by atoms with Crippen LogP contribution in [-0.2, 0) is 6.42 Å². The van der Waals surface area contributed by atoms with Gasteiger partial charge in [-0.25, -0.2) is 4.98 Å². The fraction of sp³-hybridized carbons (Fsp3) is 0.136. The molecule has 0 amide bonds. The number of hydrogen-bond donors (Lipinski definition) is 2. The molecule has 2 aromatic heterocycles. The molecule has 0 saturated carbocycles. The molecule has 0 atom stereocenters. The first-order chi connectivity index (χ1) is 13.7. The summed E-state index contributed by atoms with van der Waals surface area (Å²) < 4.78 is 1.95. The van der Waals surface area contributed by atoms with E-state index in [4.69, 9.17) is 0 Å². The van der Waals surface area contributed by atoms with Crippen LogP contribution in [0.4, 0.5) is 5.82 Å². The van der Waals surface area contributed by atoms with Crippen LogP contribution in [0.15, 0.2) is 53.6 Å². The Bertz CT molecular complexity index is 1260. The highest BCUT2D eigenvalue weighted by molar-refractivity contribution is 5.87. The third-order valence-electron chi connectivity index (χ3n) is 4.90. The smallest absolute Gasteiger partial charge is 0.157 e. The van der Waals surface area contributed by atoms with Crippen LogP contribution in [0.5, 0.6) is 5.75 Å². The summed E-state index contributed by atoms with van der Waals surface area (Å²) in [5, 5.41) is 24.0. The Morgan fingerprint density at radius 2 is 1.96 bits per heavy atom. The number of benzene rings is 2. The number of para-hydroxylation sites is 3. The maximum Gasteiger partial charge on any atom is 0.157 e. The van der Waals surface area contributed by atoms with E-state index in [1.807, 2.05) is 48.6 Å². The Kier molecular flexibility index (Phi) is 4.42. The largest absolute Gasteiger partial charge is 0.507 e. The van der Waals surface area contributed by atoms with Crippen LogP contribution >= 0.6 is 0 Å². The summed E-state index contributed by atoms with van der Waals surface area (Å²) in [6.07, 6.45) is 2.31. The summed E-state index contributed by atoms with van der Waals surface area (Å²) >= 11 is 0. The molecule has 2 N–H and O–H groups in total. The zero-order chi connectivity index (χ0) is 19.7. The van der Waals surface area contributed by atoms with Crippen molar-refractivity contribution < 1.29 is 5.11 Å². The van der Waals surface area contributed by atoms with Gasteiger partial charge < -0.3 is 5.11 Å². The number of hydrogen-bond acceptors (Lipinski definition) is 5. The maximum absolute atomic E-state index is 9.93. The van der Waals surface area contributed by atoms with Crippen molar-refractivity contribution in [2.75, 3.05) is 5.43 Å². The summed E-state index contributed by atoms with van der Waals surface area (Å²) in [5.41, 5.74) is 8.55. The van der Waals surface area contributed by atoms with Crippen LogP contribution in [0.3, 0.4) is 0 Å². The van der Waals surface area contributed by atoms with Gasteiger partial charge in [-0.2, -0.15) is 10.4 Å². The molecule has 0 aliphatic rings. The van der Waals surface area contributed by atoms with Crippen molar-refractivity contribution >= 4 is 28.7 Å². The molecular formula is C22H19N5O. The van der Waals surface area contributed by atoms with Crippen molar-refractivity contribution in [2.24, 2.45) is 5.10 Å². The van der Waals surface area contributed by atoms with Crippen molar-refractivity contribution in [1.82, 2.24) is 9.38 Å². The average Bonchev–Trinajstić information content (AvgIpc) is 3.08. The van der Waals surface area contributed by atoms with Crippen molar-refractivity contribution in [3.8, 4) is 11.8 Å². The summed E-state index contributed by atoms with van der Waals surface area (Å²) in [6, 6.07) is 17.1. The van der Waals surface area contributed by atoms with E-state index in [0.29, 0.717) is 16.8 Å². The number of imidazole rings is 1. The standard InChI is InChI=1S/C22H19N5O/c1-3-16-14(2)17(12-23)21-25-18-9-5-6-10-19(18)27(21)22(16)26-24-13-15-8-4-7-11-20(15)28/h4-11,13,26,28H,3H2,1-2H3/b24-13-. The number of nitriles is 1. The molecule has 138 valence electrons. The van der Waals surface area contributed by atoms with E-state index >= 15 is 0 Å². The van der Waals surface area contributed by atoms with E-state index in [-0.39, 0.29) is 5.75 Å². The molecule has 6 nitrogen and oxygen atoms in total. The number of phenolic OH excluding ortho intramolecular Hbond substituents is 1. The molecule has 0 fully saturated rings. The number of anilines is 1. The van der Waals surface area contributed by atoms with Gasteiger partial charge in [-0.15, -0.1) is 0 Å². The lowest BCUT2D eigenvalue weighted by atomic mass is 10.0. The van der Waals surface area contributed by atoms with Gasteiger partial charge in [0.2, 0.25) is 0 Å². The van der Waals surface area contributed by atoms with Gasteiger partial charge in [0.1, 0.15) is 17.6 Å². The van der Waals surface area contributed by atoms with Gasteiger partial charge in [0, 0.05) is 5.56 Å². The third kappa shape index (κ3) is 2.74. The second kappa shape index (κ2) is 7.05. The van der Waals surface area contributed by atoms with Gasteiger partial charge in [0.05, 0.1) is 22.8 Å². The van der Waals surface area contributed by atoms with Gasteiger partial charge in [0.15, 0.2) is 5.65 Å². The summed E-state index contributed by atoms with van der Waals surface area (Å²) in [7, 11) is 0. The van der Waals surface area contributed by atoms with E-state index in [9.17, 15) is 10.4 Å². The zero-order valence-corrected chi connectivity index (χ0v) is 15.6. The SMILES string of the molecule is CCc1c(C)c(C#N)c2nc3ccccc3n2c1N/N=C\c1ccccc1O.